The summed E-state index contributed by atoms with van der Waals surface area (Å²) in [4.78, 5) is 20.4. The van der Waals surface area contributed by atoms with Gasteiger partial charge in [0, 0.05) is 24.1 Å². The minimum atomic E-state index is 0.0949. The molecule has 28 heavy (non-hydrogen) atoms. The average molecular weight is 376 g/mol. The van der Waals surface area contributed by atoms with E-state index in [1.807, 2.05) is 30.1 Å². The number of carbonyl (C=O) groups excluding carboxylic acids is 1. The molecule has 1 amide bonds. The van der Waals surface area contributed by atoms with Crippen LogP contribution in [0.4, 0.5) is 0 Å². The first-order valence-corrected chi connectivity index (χ1v) is 10.2. The van der Waals surface area contributed by atoms with E-state index in [-0.39, 0.29) is 11.9 Å². The lowest BCUT2D eigenvalue weighted by atomic mass is 9.89. The van der Waals surface area contributed by atoms with Gasteiger partial charge < -0.3 is 9.88 Å². The molecule has 2 heterocycles. The second kappa shape index (κ2) is 8.19. The maximum atomic E-state index is 12.8. The highest BCUT2D eigenvalue weighted by molar-refractivity contribution is 5.83. The first-order chi connectivity index (χ1) is 13.6. The molecule has 0 radical (unpaired) electrons. The number of hydrogen-bond acceptors (Lipinski definition) is 2. The number of fused-ring (bicyclic) bond motifs is 1. The fourth-order valence-corrected chi connectivity index (χ4v) is 4.31. The van der Waals surface area contributed by atoms with Gasteiger partial charge in [0.25, 0.3) is 0 Å². The number of piperidine rings is 1. The number of para-hydroxylation sites is 1. The summed E-state index contributed by atoms with van der Waals surface area (Å²) in [5.74, 6) is 0.769. The lowest BCUT2D eigenvalue weighted by Crippen LogP contribution is -2.42. The summed E-state index contributed by atoms with van der Waals surface area (Å²) < 4.78 is 0. The Labute approximate surface area is 167 Å². The summed E-state index contributed by atoms with van der Waals surface area (Å²) in [6.07, 6.45) is 4.38. The molecule has 4 heteroatoms. The van der Waals surface area contributed by atoms with Crippen LogP contribution in [0.1, 0.15) is 42.9 Å². The number of nitrogens with zero attached hydrogens (tertiary/aromatic N) is 2. The van der Waals surface area contributed by atoms with Crippen LogP contribution in [0, 0.1) is 0 Å². The molecule has 4 rings (SSSR count). The Morgan fingerprint density at radius 2 is 1.79 bits per heavy atom. The van der Waals surface area contributed by atoms with Crippen LogP contribution in [-0.2, 0) is 4.79 Å². The maximum Gasteiger partial charge on any atom is 0.236 e. The molecule has 1 fully saturated rings. The Morgan fingerprint density at radius 1 is 1.11 bits per heavy atom. The van der Waals surface area contributed by atoms with Crippen LogP contribution >= 0.6 is 0 Å². The van der Waals surface area contributed by atoms with Crippen LogP contribution in [0.2, 0.25) is 0 Å². The smallest absolute Gasteiger partial charge is 0.236 e. The molecule has 1 aliphatic heterocycles. The zero-order chi connectivity index (χ0) is 19.5. The molecule has 2 aromatic carbocycles. The van der Waals surface area contributed by atoms with E-state index in [4.69, 9.17) is 0 Å². The topological polar surface area (TPSA) is 39.3 Å². The maximum absolute atomic E-state index is 12.8. The summed E-state index contributed by atoms with van der Waals surface area (Å²) in [7, 11) is 1.92. The number of rotatable bonds is 5. The summed E-state index contributed by atoms with van der Waals surface area (Å²) in [6.45, 7) is 4.55. The molecule has 0 spiro atoms. The largest absolute Gasteiger partial charge is 0.361 e. The van der Waals surface area contributed by atoms with E-state index >= 15 is 0 Å². The van der Waals surface area contributed by atoms with Crippen LogP contribution in [0.5, 0.6) is 0 Å². The van der Waals surface area contributed by atoms with Crippen molar-refractivity contribution in [3.05, 3.63) is 71.9 Å². The number of carbonyl (C=O) groups is 1. The second-order valence-electron chi connectivity index (χ2n) is 7.93. The number of nitrogens with one attached hydrogen (secondary N) is 1. The molecule has 0 aliphatic carbocycles. The molecule has 146 valence electrons. The monoisotopic (exact) mass is 375 g/mol. The lowest BCUT2D eigenvalue weighted by molar-refractivity contribution is -0.133. The quantitative estimate of drug-likeness (QED) is 0.710. The Morgan fingerprint density at radius 3 is 2.54 bits per heavy atom. The molecule has 1 saturated heterocycles. The first kappa shape index (κ1) is 18.8. The van der Waals surface area contributed by atoms with Gasteiger partial charge in [-0.25, -0.2) is 0 Å². The minimum Gasteiger partial charge on any atom is -0.361 e. The minimum absolute atomic E-state index is 0.0949. The molecule has 4 nitrogen and oxygen atoms in total. The molecule has 1 N–H and O–H groups in total. The van der Waals surface area contributed by atoms with Crippen molar-refractivity contribution in [3.8, 4) is 0 Å². The second-order valence-corrected chi connectivity index (χ2v) is 7.93. The molecule has 0 bridgehead atoms. The van der Waals surface area contributed by atoms with Crippen molar-refractivity contribution in [1.82, 2.24) is 14.8 Å². The van der Waals surface area contributed by atoms with Crippen molar-refractivity contribution >= 4 is 16.8 Å². The summed E-state index contributed by atoms with van der Waals surface area (Å²) in [5, 5.41) is 1.34. The van der Waals surface area contributed by atoms with Crippen LogP contribution in [-0.4, -0.2) is 47.4 Å². The van der Waals surface area contributed by atoms with Gasteiger partial charge in [0.2, 0.25) is 5.91 Å². The standard InChI is InChI=1S/C24H29N3O/c1-18(19-8-4-3-5-9-19)26(2)24(28)17-27-14-12-20(13-15-27)22-16-25-23-11-7-6-10-21(22)23/h3-11,16,18,20,25H,12-15,17H2,1-2H3. The summed E-state index contributed by atoms with van der Waals surface area (Å²) >= 11 is 0. The molecule has 0 saturated carbocycles. The van der Waals surface area contributed by atoms with Crippen molar-refractivity contribution in [2.75, 3.05) is 26.7 Å². The number of aromatic nitrogens is 1. The Balaban J connectivity index is 1.33. The first-order valence-electron chi connectivity index (χ1n) is 10.2. The van der Waals surface area contributed by atoms with E-state index < -0.39 is 0 Å². The number of amides is 1. The predicted molar refractivity (Wildman–Crippen MR) is 114 cm³/mol. The van der Waals surface area contributed by atoms with E-state index in [2.05, 4.69) is 59.4 Å². The number of likely N-dealkylation sites (tertiary alicyclic amines) is 1. The highest BCUT2D eigenvalue weighted by Crippen LogP contribution is 2.33. The zero-order valence-corrected chi connectivity index (χ0v) is 16.8. The van der Waals surface area contributed by atoms with E-state index in [0.29, 0.717) is 12.5 Å². The van der Waals surface area contributed by atoms with Gasteiger partial charge in [0.15, 0.2) is 0 Å². The predicted octanol–water partition coefficient (Wildman–Crippen LogP) is 4.57. The van der Waals surface area contributed by atoms with Gasteiger partial charge in [0.05, 0.1) is 12.6 Å². The fraction of sp³-hybridized carbons (Fsp3) is 0.375. The number of benzene rings is 2. The van der Waals surface area contributed by atoms with Crippen LogP contribution < -0.4 is 0 Å². The van der Waals surface area contributed by atoms with Crippen molar-refractivity contribution in [2.45, 2.75) is 31.7 Å². The van der Waals surface area contributed by atoms with Crippen molar-refractivity contribution in [3.63, 3.8) is 0 Å². The molecule has 1 unspecified atom stereocenters. The van der Waals surface area contributed by atoms with Crippen molar-refractivity contribution < 1.29 is 4.79 Å². The third-order valence-corrected chi connectivity index (χ3v) is 6.26. The highest BCUT2D eigenvalue weighted by Gasteiger charge is 2.25. The van der Waals surface area contributed by atoms with Gasteiger partial charge in [-0.2, -0.15) is 0 Å². The van der Waals surface area contributed by atoms with Gasteiger partial charge in [-0.1, -0.05) is 48.5 Å². The Hall–Kier alpha value is -2.59. The van der Waals surface area contributed by atoms with E-state index in [1.165, 1.54) is 22.0 Å². The number of likely N-dealkylation sites (N-methyl/N-ethyl adjacent to an activating group) is 1. The average Bonchev–Trinajstić information content (AvgIpc) is 3.18. The van der Waals surface area contributed by atoms with Gasteiger partial charge >= 0.3 is 0 Å². The summed E-state index contributed by atoms with van der Waals surface area (Å²) in [5.41, 5.74) is 3.82. The zero-order valence-electron chi connectivity index (χ0n) is 16.8. The molecule has 3 aromatic rings. The van der Waals surface area contributed by atoms with Crippen molar-refractivity contribution in [2.24, 2.45) is 0 Å². The normalized spacial score (nSPS) is 16.9. The van der Waals surface area contributed by atoms with E-state index in [0.717, 1.165) is 25.9 Å². The highest BCUT2D eigenvalue weighted by atomic mass is 16.2. The Bertz CT molecular complexity index is 925. The fourth-order valence-electron chi connectivity index (χ4n) is 4.31. The van der Waals surface area contributed by atoms with E-state index in [1.54, 1.807) is 0 Å². The number of aromatic amines is 1. The van der Waals surface area contributed by atoms with Crippen LogP contribution in [0.15, 0.2) is 60.8 Å². The van der Waals surface area contributed by atoms with Crippen LogP contribution in [0.25, 0.3) is 10.9 Å². The lowest BCUT2D eigenvalue weighted by Gasteiger charge is -2.33. The molecule has 1 aliphatic rings. The molecular formula is C24H29N3O. The molecular weight excluding hydrogens is 346 g/mol. The number of H-pyrrole nitrogens is 1. The van der Waals surface area contributed by atoms with Crippen molar-refractivity contribution in [1.29, 1.82) is 0 Å². The molecule has 1 aromatic heterocycles. The molecule has 1 atom stereocenters. The third kappa shape index (κ3) is 3.83. The number of hydrogen-bond donors (Lipinski definition) is 1. The van der Waals surface area contributed by atoms with E-state index in [9.17, 15) is 4.79 Å². The van der Waals surface area contributed by atoms with Gasteiger partial charge in [-0.3, -0.25) is 9.69 Å². The van der Waals surface area contributed by atoms with Crippen LogP contribution in [0.3, 0.4) is 0 Å². The van der Waals surface area contributed by atoms with Gasteiger partial charge in [0.1, 0.15) is 0 Å². The Kier molecular flexibility index (Phi) is 5.49. The third-order valence-electron chi connectivity index (χ3n) is 6.26. The van der Waals surface area contributed by atoms with Gasteiger partial charge in [-0.05, 0) is 56.0 Å². The summed E-state index contributed by atoms with van der Waals surface area (Å²) in [6, 6.07) is 18.9. The SMILES string of the molecule is CC(c1ccccc1)N(C)C(=O)CN1CCC(c2c[nH]c3ccccc23)CC1. The van der Waals surface area contributed by atoms with Gasteiger partial charge in [-0.15, -0.1) is 0 Å².